The van der Waals surface area contributed by atoms with Crippen LogP contribution in [-0.2, 0) is 0 Å². The van der Waals surface area contributed by atoms with Gasteiger partial charge in [0.1, 0.15) is 0 Å². The smallest absolute Gasteiger partial charge is 0.0963 e. The lowest BCUT2D eigenvalue weighted by molar-refractivity contribution is 0.0604. The zero-order valence-electron chi connectivity index (χ0n) is 9.55. The Morgan fingerprint density at radius 3 is 2.27 bits per heavy atom. The number of halogens is 1. The van der Waals surface area contributed by atoms with Gasteiger partial charge in [-0.2, -0.15) is 0 Å². The van der Waals surface area contributed by atoms with Crippen LogP contribution >= 0.6 is 0 Å². The van der Waals surface area contributed by atoms with E-state index in [2.05, 4.69) is 4.90 Å². The minimum atomic E-state index is -0.234. The molecule has 1 heterocycles. The predicted octanol–water partition coefficient (Wildman–Crippen LogP) is 1.94. The first kappa shape index (κ1) is 11.3. The van der Waals surface area contributed by atoms with Crippen LogP contribution in [0.3, 0.4) is 0 Å². The molecule has 0 aromatic carbocycles. The summed E-state index contributed by atoms with van der Waals surface area (Å²) in [7, 11) is 0. The molecule has 0 spiro atoms. The number of alkyl halides is 1. The predicted molar refractivity (Wildman–Crippen MR) is 60.5 cm³/mol. The number of hydrogen-bond donors (Lipinski definition) is 1. The molecule has 0 bridgehead atoms. The van der Waals surface area contributed by atoms with E-state index < -0.39 is 0 Å². The Morgan fingerprint density at radius 2 is 1.80 bits per heavy atom. The van der Waals surface area contributed by atoms with Gasteiger partial charge in [-0.05, 0) is 38.8 Å². The van der Waals surface area contributed by atoms with E-state index in [0.29, 0.717) is 6.54 Å². The first-order chi connectivity index (χ1) is 7.29. The topological polar surface area (TPSA) is 29.3 Å². The van der Waals surface area contributed by atoms with Crippen molar-refractivity contribution in [2.24, 2.45) is 11.1 Å². The number of nitrogens with zero attached hydrogens (tertiary/aromatic N) is 1. The molecule has 0 radical (unpaired) electrons. The molecule has 1 saturated carbocycles. The van der Waals surface area contributed by atoms with Crippen molar-refractivity contribution in [3.63, 3.8) is 0 Å². The fourth-order valence-corrected chi connectivity index (χ4v) is 3.03. The minimum absolute atomic E-state index is 0.185. The second-order valence-corrected chi connectivity index (χ2v) is 5.31. The molecule has 2 N–H and O–H groups in total. The van der Waals surface area contributed by atoms with E-state index in [-0.39, 0.29) is 12.1 Å². The SMILES string of the molecule is NCC1(CF)CCN(C2CCCC2)CC1. The van der Waals surface area contributed by atoms with Crippen molar-refractivity contribution >= 4 is 0 Å². The van der Waals surface area contributed by atoms with Crippen LogP contribution in [0, 0.1) is 5.41 Å². The zero-order chi connectivity index (χ0) is 10.7. The number of rotatable bonds is 3. The highest BCUT2D eigenvalue weighted by Gasteiger charge is 2.35. The molecule has 0 amide bonds. The summed E-state index contributed by atoms with van der Waals surface area (Å²) in [5.41, 5.74) is 5.50. The van der Waals surface area contributed by atoms with Crippen LogP contribution in [0.15, 0.2) is 0 Å². The lowest BCUT2D eigenvalue weighted by atomic mass is 9.79. The van der Waals surface area contributed by atoms with Crippen LogP contribution in [0.4, 0.5) is 4.39 Å². The Morgan fingerprint density at radius 1 is 1.20 bits per heavy atom. The lowest BCUT2D eigenvalue weighted by Crippen LogP contribution is -2.48. The molecular formula is C12H23FN2. The van der Waals surface area contributed by atoms with Gasteiger partial charge < -0.3 is 10.6 Å². The van der Waals surface area contributed by atoms with Gasteiger partial charge in [-0.1, -0.05) is 12.8 Å². The maximum absolute atomic E-state index is 12.9. The number of piperidine rings is 1. The summed E-state index contributed by atoms with van der Waals surface area (Å²) in [6.07, 6.45) is 7.38. The highest BCUT2D eigenvalue weighted by atomic mass is 19.1. The van der Waals surface area contributed by atoms with Crippen molar-refractivity contribution in [3.8, 4) is 0 Å². The summed E-state index contributed by atoms with van der Waals surface area (Å²) < 4.78 is 12.9. The maximum atomic E-state index is 12.9. The van der Waals surface area contributed by atoms with Crippen molar-refractivity contribution < 1.29 is 4.39 Å². The summed E-state index contributed by atoms with van der Waals surface area (Å²) in [6.45, 7) is 2.40. The first-order valence-corrected chi connectivity index (χ1v) is 6.30. The zero-order valence-corrected chi connectivity index (χ0v) is 9.55. The molecule has 0 aromatic rings. The Bertz CT molecular complexity index is 188. The first-order valence-electron chi connectivity index (χ1n) is 6.30. The summed E-state index contributed by atoms with van der Waals surface area (Å²) in [5.74, 6) is 0. The molecule has 15 heavy (non-hydrogen) atoms. The van der Waals surface area contributed by atoms with E-state index in [1.54, 1.807) is 0 Å². The van der Waals surface area contributed by atoms with Gasteiger partial charge in [0.25, 0.3) is 0 Å². The molecule has 0 atom stereocenters. The average molecular weight is 214 g/mol. The molecular weight excluding hydrogens is 191 g/mol. The Labute approximate surface area is 92.0 Å². The number of nitrogens with two attached hydrogens (primary N) is 1. The summed E-state index contributed by atoms with van der Waals surface area (Å²) in [6, 6.07) is 0.792. The Balaban J connectivity index is 1.85. The van der Waals surface area contributed by atoms with Crippen molar-refractivity contribution in [2.45, 2.75) is 44.6 Å². The highest BCUT2D eigenvalue weighted by molar-refractivity contribution is 4.89. The van der Waals surface area contributed by atoms with Gasteiger partial charge in [0.15, 0.2) is 0 Å². The molecule has 2 fully saturated rings. The molecule has 2 aliphatic rings. The van der Waals surface area contributed by atoms with E-state index in [9.17, 15) is 4.39 Å². The van der Waals surface area contributed by atoms with Crippen LogP contribution in [0.2, 0.25) is 0 Å². The fourth-order valence-electron chi connectivity index (χ4n) is 3.03. The normalized spacial score (nSPS) is 28.4. The van der Waals surface area contributed by atoms with Gasteiger partial charge in [-0.3, -0.25) is 4.39 Å². The maximum Gasteiger partial charge on any atom is 0.0963 e. The van der Waals surface area contributed by atoms with E-state index in [0.717, 1.165) is 32.0 Å². The van der Waals surface area contributed by atoms with E-state index in [1.165, 1.54) is 25.7 Å². The number of hydrogen-bond acceptors (Lipinski definition) is 2. The van der Waals surface area contributed by atoms with Gasteiger partial charge in [0.05, 0.1) is 6.67 Å². The minimum Gasteiger partial charge on any atom is -0.330 e. The molecule has 0 unspecified atom stereocenters. The third-order valence-electron chi connectivity index (χ3n) is 4.42. The van der Waals surface area contributed by atoms with E-state index >= 15 is 0 Å². The van der Waals surface area contributed by atoms with Crippen molar-refractivity contribution in [2.75, 3.05) is 26.3 Å². The van der Waals surface area contributed by atoms with Crippen LogP contribution < -0.4 is 5.73 Å². The molecule has 1 saturated heterocycles. The fraction of sp³-hybridized carbons (Fsp3) is 1.00. The van der Waals surface area contributed by atoms with Gasteiger partial charge in [-0.15, -0.1) is 0 Å². The molecule has 1 aliphatic heterocycles. The van der Waals surface area contributed by atoms with Crippen molar-refractivity contribution in [3.05, 3.63) is 0 Å². The highest BCUT2D eigenvalue weighted by Crippen LogP contribution is 2.34. The summed E-state index contributed by atoms with van der Waals surface area (Å²) in [5, 5.41) is 0. The van der Waals surface area contributed by atoms with Gasteiger partial charge in [0, 0.05) is 18.0 Å². The van der Waals surface area contributed by atoms with Crippen LogP contribution in [0.5, 0.6) is 0 Å². The molecule has 2 rings (SSSR count). The average Bonchev–Trinajstić information content (AvgIpc) is 2.83. The third-order valence-corrected chi connectivity index (χ3v) is 4.42. The summed E-state index contributed by atoms with van der Waals surface area (Å²) in [4.78, 5) is 2.57. The van der Waals surface area contributed by atoms with Gasteiger partial charge in [-0.25, -0.2) is 0 Å². The molecule has 1 aliphatic carbocycles. The van der Waals surface area contributed by atoms with Crippen molar-refractivity contribution in [1.82, 2.24) is 4.90 Å². The van der Waals surface area contributed by atoms with Crippen LogP contribution in [0.1, 0.15) is 38.5 Å². The third kappa shape index (κ3) is 2.34. The lowest BCUT2D eigenvalue weighted by Gasteiger charge is -2.41. The van der Waals surface area contributed by atoms with E-state index in [4.69, 9.17) is 5.73 Å². The molecule has 88 valence electrons. The van der Waals surface area contributed by atoms with Crippen molar-refractivity contribution in [1.29, 1.82) is 0 Å². The van der Waals surface area contributed by atoms with Crippen LogP contribution in [0.25, 0.3) is 0 Å². The molecule has 0 aromatic heterocycles. The molecule has 3 heteroatoms. The standard InChI is InChI=1S/C12H23FN2/c13-9-12(10-14)5-7-15(8-6-12)11-3-1-2-4-11/h11H,1-10,14H2. The van der Waals surface area contributed by atoms with Gasteiger partial charge >= 0.3 is 0 Å². The second-order valence-electron chi connectivity index (χ2n) is 5.31. The number of likely N-dealkylation sites (tertiary alicyclic amines) is 1. The van der Waals surface area contributed by atoms with E-state index in [1.807, 2.05) is 0 Å². The van der Waals surface area contributed by atoms with Gasteiger partial charge in [0.2, 0.25) is 0 Å². The van der Waals surface area contributed by atoms with Crippen LogP contribution in [-0.4, -0.2) is 37.3 Å². The Hall–Kier alpha value is -0.150. The quantitative estimate of drug-likeness (QED) is 0.778. The molecule has 2 nitrogen and oxygen atoms in total. The largest absolute Gasteiger partial charge is 0.330 e. The second kappa shape index (κ2) is 4.79. The monoisotopic (exact) mass is 214 g/mol. The Kier molecular flexibility index (Phi) is 3.62. The summed E-state index contributed by atoms with van der Waals surface area (Å²) >= 11 is 0.